The third-order valence-electron chi connectivity index (χ3n) is 10.8. The molecule has 0 fully saturated rings. The number of nitrogens with one attached hydrogen (secondary N) is 1. The van der Waals surface area contributed by atoms with Gasteiger partial charge in [0.25, 0.3) is 0 Å². The van der Waals surface area contributed by atoms with Crippen molar-refractivity contribution in [2.75, 3.05) is 6.61 Å². The zero-order valence-corrected chi connectivity index (χ0v) is 34.2. The van der Waals surface area contributed by atoms with E-state index in [1.807, 2.05) is 0 Å². The summed E-state index contributed by atoms with van der Waals surface area (Å²) in [5.74, 6) is -0.0291. The molecular formula is C46H91NO3. The first kappa shape index (κ1) is 49.1. The summed E-state index contributed by atoms with van der Waals surface area (Å²) >= 11 is 0. The van der Waals surface area contributed by atoms with Gasteiger partial charge < -0.3 is 15.5 Å². The van der Waals surface area contributed by atoms with Crippen molar-refractivity contribution in [3.63, 3.8) is 0 Å². The summed E-state index contributed by atoms with van der Waals surface area (Å²) in [6, 6.07) is -0.532. The molecule has 0 bridgehead atoms. The molecule has 1 amide bonds. The summed E-state index contributed by atoms with van der Waals surface area (Å²) in [7, 11) is 0. The third-order valence-corrected chi connectivity index (χ3v) is 10.8. The molecule has 0 aromatic carbocycles. The largest absolute Gasteiger partial charge is 0.394 e. The van der Waals surface area contributed by atoms with Crippen molar-refractivity contribution in [3.8, 4) is 0 Å². The molecule has 298 valence electrons. The standard InChI is InChI=1S/C46H91NO3/c1-3-5-7-9-11-13-15-17-19-20-21-22-23-24-25-26-28-30-32-34-36-38-40-42-46(50)47-44(43-48)45(49)41-39-37-35-33-31-29-27-18-16-14-12-10-8-6-4-2/h20-21,44-45,48-49H,3-19,22-43H2,1-2H3,(H,47,50)/b21-20-. The average Bonchev–Trinajstić information content (AvgIpc) is 3.12. The van der Waals surface area contributed by atoms with E-state index >= 15 is 0 Å². The molecule has 50 heavy (non-hydrogen) atoms. The van der Waals surface area contributed by atoms with Gasteiger partial charge in [-0.15, -0.1) is 0 Å². The Bertz CT molecular complexity index is 680. The number of aliphatic hydroxyl groups is 2. The van der Waals surface area contributed by atoms with E-state index in [1.54, 1.807) is 0 Å². The first-order valence-electron chi connectivity index (χ1n) is 22.9. The van der Waals surface area contributed by atoms with Crippen LogP contribution in [0.5, 0.6) is 0 Å². The second-order valence-corrected chi connectivity index (χ2v) is 15.8. The van der Waals surface area contributed by atoms with Gasteiger partial charge in [0.1, 0.15) is 0 Å². The Kier molecular flexibility index (Phi) is 41.8. The van der Waals surface area contributed by atoms with Crippen LogP contribution in [0.25, 0.3) is 0 Å². The van der Waals surface area contributed by atoms with Crippen molar-refractivity contribution in [1.29, 1.82) is 0 Å². The molecule has 2 unspecified atom stereocenters. The van der Waals surface area contributed by atoms with Gasteiger partial charge in [0, 0.05) is 6.42 Å². The van der Waals surface area contributed by atoms with Crippen LogP contribution < -0.4 is 5.32 Å². The summed E-state index contributed by atoms with van der Waals surface area (Å²) in [5, 5.41) is 23.2. The molecule has 3 N–H and O–H groups in total. The normalized spacial score (nSPS) is 13.0. The molecule has 0 radical (unpaired) electrons. The Hall–Kier alpha value is -0.870. The van der Waals surface area contributed by atoms with Crippen molar-refractivity contribution in [3.05, 3.63) is 12.2 Å². The minimum Gasteiger partial charge on any atom is -0.394 e. The summed E-state index contributed by atoms with van der Waals surface area (Å²) < 4.78 is 0. The lowest BCUT2D eigenvalue weighted by Crippen LogP contribution is -2.45. The molecule has 4 nitrogen and oxygen atoms in total. The maximum atomic E-state index is 12.4. The lowest BCUT2D eigenvalue weighted by molar-refractivity contribution is -0.123. The first-order valence-corrected chi connectivity index (χ1v) is 22.9. The zero-order valence-electron chi connectivity index (χ0n) is 34.2. The minimum atomic E-state index is -0.655. The van der Waals surface area contributed by atoms with Crippen molar-refractivity contribution in [2.24, 2.45) is 0 Å². The van der Waals surface area contributed by atoms with E-state index in [9.17, 15) is 15.0 Å². The van der Waals surface area contributed by atoms with Gasteiger partial charge in [-0.3, -0.25) is 4.79 Å². The van der Waals surface area contributed by atoms with Gasteiger partial charge in [-0.1, -0.05) is 225 Å². The van der Waals surface area contributed by atoms with Crippen LogP contribution in [-0.4, -0.2) is 34.9 Å². The van der Waals surface area contributed by atoms with Crippen LogP contribution in [0, 0.1) is 0 Å². The molecule has 0 spiro atoms. The van der Waals surface area contributed by atoms with Gasteiger partial charge in [0.05, 0.1) is 18.8 Å². The molecule has 0 rings (SSSR count). The van der Waals surface area contributed by atoms with E-state index in [4.69, 9.17) is 0 Å². The molecule has 0 heterocycles. The number of aliphatic hydroxyl groups excluding tert-OH is 2. The molecule has 0 saturated heterocycles. The number of carbonyl (C=O) groups is 1. The van der Waals surface area contributed by atoms with E-state index in [-0.39, 0.29) is 12.5 Å². The summed E-state index contributed by atoms with van der Waals surface area (Å²) in [6.45, 7) is 4.37. The SMILES string of the molecule is CCCCCCCCCC/C=C\CCCCCCCCCCCCCC(=O)NC(CO)C(O)CCCCCCCCCCCCCCCCC. The van der Waals surface area contributed by atoms with E-state index in [0.717, 1.165) is 25.7 Å². The molecule has 4 heteroatoms. The number of unbranched alkanes of at least 4 members (excludes halogenated alkanes) is 33. The highest BCUT2D eigenvalue weighted by molar-refractivity contribution is 5.76. The van der Waals surface area contributed by atoms with Gasteiger partial charge in [-0.25, -0.2) is 0 Å². The highest BCUT2D eigenvalue weighted by atomic mass is 16.3. The van der Waals surface area contributed by atoms with Crippen LogP contribution in [0.2, 0.25) is 0 Å². The number of rotatable bonds is 42. The van der Waals surface area contributed by atoms with Crippen LogP contribution in [-0.2, 0) is 4.79 Å². The molecule has 0 aliphatic carbocycles. The monoisotopic (exact) mass is 706 g/mol. The molecule has 0 aromatic rings. The Morgan fingerprint density at radius 1 is 0.460 bits per heavy atom. The number of carbonyl (C=O) groups excluding carboxylic acids is 1. The van der Waals surface area contributed by atoms with Gasteiger partial charge in [-0.05, 0) is 38.5 Å². The van der Waals surface area contributed by atoms with E-state index in [2.05, 4.69) is 31.3 Å². The Morgan fingerprint density at radius 3 is 1.10 bits per heavy atom. The summed E-state index contributed by atoms with van der Waals surface area (Å²) in [4.78, 5) is 12.4. The predicted molar refractivity (Wildman–Crippen MR) is 221 cm³/mol. The zero-order chi connectivity index (χ0) is 36.4. The highest BCUT2D eigenvalue weighted by Crippen LogP contribution is 2.16. The summed E-state index contributed by atoms with van der Waals surface area (Å²) in [5.41, 5.74) is 0. The number of allylic oxidation sites excluding steroid dienone is 2. The van der Waals surface area contributed by atoms with Gasteiger partial charge in [0.15, 0.2) is 0 Å². The van der Waals surface area contributed by atoms with E-state index in [1.165, 1.54) is 205 Å². The second kappa shape index (κ2) is 42.5. The van der Waals surface area contributed by atoms with Crippen LogP contribution in [0.15, 0.2) is 12.2 Å². The maximum absolute atomic E-state index is 12.4. The molecule has 0 aliphatic rings. The maximum Gasteiger partial charge on any atom is 0.220 e. The van der Waals surface area contributed by atoms with Gasteiger partial charge >= 0.3 is 0 Å². The van der Waals surface area contributed by atoms with Crippen molar-refractivity contribution >= 4 is 5.91 Å². The van der Waals surface area contributed by atoms with Crippen LogP contribution in [0.3, 0.4) is 0 Å². The van der Waals surface area contributed by atoms with Crippen LogP contribution >= 0.6 is 0 Å². The molecule has 2 atom stereocenters. The lowest BCUT2D eigenvalue weighted by Gasteiger charge is -2.22. The quantitative estimate of drug-likeness (QED) is 0.0437. The fraction of sp³-hybridized carbons (Fsp3) is 0.935. The molecule has 0 aromatic heterocycles. The molecular weight excluding hydrogens is 615 g/mol. The van der Waals surface area contributed by atoms with E-state index < -0.39 is 12.1 Å². The Labute approximate surface area is 314 Å². The van der Waals surface area contributed by atoms with Gasteiger partial charge in [-0.2, -0.15) is 0 Å². The Morgan fingerprint density at radius 2 is 0.760 bits per heavy atom. The lowest BCUT2D eigenvalue weighted by atomic mass is 10.0. The molecule has 0 saturated carbocycles. The first-order chi connectivity index (χ1) is 24.7. The highest BCUT2D eigenvalue weighted by Gasteiger charge is 2.20. The number of hydrogen-bond acceptors (Lipinski definition) is 3. The molecule has 0 aliphatic heterocycles. The average molecular weight is 706 g/mol. The van der Waals surface area contributed by atoms with Crippen molar-refractivity contribution in [1.82, 2.24) is 5.32 Å². The topological polar surface area (TPSA) is 69.6 Å². The number of amides is 1. The van der Waals surface area contributed by atoms with Crippen molar-refractivity contribution < 1.29 is 15.0 Å². The van der Waals surface area contributed by atoms with E-state index in [0.29, 0.717) is 12.8 Å². The fourth-order valence-electron chi connectivity index (χ4n) is 7.24. The smallest absolute Gasteiger partial charge is 0.220 e. The minimum absolute atomic E-state index is 0.0291. The van der Waals surface area contributed by atoms with Gasteiger partial charge in [0.2, 0.25) is 5.91 Å². The summed E-state index contributed by atoms with van der Waals surface area (Å²) in [6.07, 6.45) is 52.9. The van der Waals surface area contributed by atoms with Crippen LogP contribution in [0.4, 0.5) is 0 Å². The number of hydrogen-bond donors (Lipinski definition) is 3. The van der Waals surface area contributed by atoms with Crippen LogP contribution in [0.1, 0.15) is 258 Å². The van der Waals surface area contributed by atoms with Crippen molar-refractivity contribution in [2.45, 2.75) is 270 Å². The predicted octanol–water partition coefficient (Wildman–Crippen LogP) is 14.2. The third kappa shape index (κ3) is 38.4. The Balaban J connectivity index is 3.47. The second-order valence-electron chi connectivity index (χ2n) is 15.8. The fourth-order valence-corrected chi connectivity index (χ4v) is 7.24.